The van der Waals surface area contributed by atoms with Crippen molar-refractivity contribution in [1.29, 1.82) is 0 Å². The minimum atomic E-state index is -0.0378. The molecule has 0 aliphatic carbocycles. The van der Waals surface area contributed by atoms with E-state index in [1.54, 1.807) is 23.1 Å². The number of benzene rings is 2. The molecule has 2 aromatic rings. The lowest BCUT2D eigenvalue weighted by Gasteiger charge is -2.30. The van der Waals surface area contributed by atoms with Crippen LogP contribution >= 0.6 is 11.6 Å². The van der Waals surface area contributed by atoms with Crippen molar-refractivity contribution in [3.8, 4) is 5.75 Å². The van der Waals surface area contributed by atoms with Gasteiger partial charge in [-0.15, -0.1) is 0 Å². The first-order chi connectivity index (χ1) is 13.9. The van der Waals surface area contributed by atoms with E-state index in [1.807, 2.05) is 12.1 Å². The van der Waals surface area contributed by atoms with Crippen molar-refractivity contribution in [2.75, 3.05) is 49.6 Å². The van der Waals surface area contributed by atoms with E-state index < -0.39 is 0 Å². The molecular formula is C23H26ClN3O2. The van der Waals surface area contributed by atoms with Gasteiger partial charge >= 0.3 is 0 Å². The topological polar surface area (TPSA) is 47.0 Å². The summed E-state index contributed by atoms with van der Waals surface area (Å²) in [6, 6.07) is 11.0. The summed E-state index contributed by atoms with van der Waals surface area (Å²) < 4.78 is 0. The number of halogens is 1. The number of hydrogen-bond donors (Lipinski definition) is 1. The van der Waals surface area contributed by atoms with Crippen LogP contribution in [0, 0.1) is 5.41 Å². The van der Waals surface area contributed by atoms with Crippen molar-refractivity contribution in [2.45, 2.75) is 19.3 Å². The SMILES string of the molecule is CN1CCC2(CCN(c3ccc(N4CCc5cc(O)ccc5C4=O)cc3Cl)C2)C1. The van der Waals surface area contributed by atoms with Crippen molar-refractivity contribution in [2.24, 2.45) is 5.41 Å². The van der Waals surface area contributed by atoms with Crippen molar-refractivity contribution < 1.29 is 9.90 Å². The van der Waals surface area contributed by atoms with Gasteiger partial charge in [-0.2, -0.15) is 0 Å². The molecule has 3 aliphatic rings. The van der Waals surface area contributed by atoms with Gasteiger partial charge in [-0.1, -0.05) is 11.6 Å². The second-order valence-corrected chi connectivity index (χ2v) is 9.25. The van der Waals surface area contributed by atoms with E-state index in [4.69, 9.17) is 11.6 Å². The first-order valence-electron chi connectivity index (χ1n) is 10.3. The molecule has 0 saturated carbocycles. The third kappa shape index (κ3) is 3.26. The quantitative estimate of drug-likeness (QED) is 0.816. The van der Waals surface area contributed by atoms with Gasteiger partial charge in [0, 0.05) is 42.8 Å². The summed E-state index contributed by atoms with van der Waals surface area (Å²) in [7, 11) is 2.20. The molecular weight excluding hydrogens is 386 g/mol. The number of likely N-dealkylation sites (tertiary alicyclic amines) is 1. The number of nitrogens with zero attached hydrogens (tertiary/aromatic N) is 3. The van der Waals surface area contributed by atoms with Gasteiger partial charge in [-0.05, 0) is 74.8 Å². The van der Waals surface area contributed by atoms with Gasteiger partial charge < -0.3 is 19.8 Å². The maximum absolute atomic E-state index is 13.0. The maximum Gasteiger partial charge on any atom is 0.258 e. The number of aromatic hydroxyl groups is 1. The lowest BCUT2D eigenvalue weighted by molar-refractivity contribution is 0.0980. The number of phenolic OH excluding ortho intramolecular Hbond substituents is 1. The van der Waals surface area contributed by atoms with Crippen LogP contribution in [0.2, 0.25) is 5.02 Å². The minimum Gasteiger partial charge on any atom is -0.508 e. The molecule has 5 rings (SSSR count). The smallest absolute Gasteiger partial charge is 0.258 e. The Bertz CT molecular complexity index is 979. The monoisotopic (exact) mass is 411 g/mol. The number of fused-ring (bicyclic) bond motifs is 1. The minimum absolute atomic E-state index is 0.0378. The van der Waals surface area contributed by atoms with E-state index >= 15 is 0 Å². The number of amides is 1. The van der Waals surface area contributed by atoms with Crippen molar-refractivity contribution in [3.63, 3.8) is 0 Å². The Hall–Kier alpha value is -2.24. The number of hydrogen-bond acceptors (Lipinski definition) is 4. The molecule has 1 spiro atoms. The van der Waals surface area contributed by atoms with Crippen LogP contribution in [-0.2, 0) is 6.42 Å². The molecule has 3 heterocycles. The highest BCUT2D eigenvalue weighted by Gasteiger charge is 2.42. The van der Waals surface area contributed by atoms with Gasteiger partial charge in [0.25, 0.3) is 5.91 Å². The summed E-state index contributed by atoms with van der Waals surface area (Å²) in [5.74, 6) is 0.165. The van der Waals surface area contributed by atoms with Crippen LogP contribution in [0.3, 0.4) is 0 Å². The molecule has 0 bridgehead atoms. The van der Waals surface area contributed by atoms with E-state index in [2.05, 4.69) is 22.9 Å². The number of carbonyl (C=O) groups excluding carboxylic acids is 1. The summed E-state index contributed by atoms with van der Waals surface area (Å²) in [4.78, 5) is 19.6. The van der Waals surface area contributed by atoms with Gasteiger partial charge in [0.05, 0.1) is 10.7 Å². The first kappa shape index (κ1) is 18.8. The highest BCUT2D eigenvalue weighted by atomic mass is 35.5. The molecule has 5 nitrogen and oxygen atoms in total. The Morgan fingerprint density at radius 1 is 1.03 bits per heavy atom. The second kappa shape index (κ2) is 6.92. The van der Waals surface area contributed by atoms with Gasteiger partial charge in [0.1, 0.15) is 5.75 Å². The van der Waals surface area contributed by atoms with Crippen LogP contribution in [0.15, 0.2) is 36.4 Å². The Labute approximate surface area is 176 Å². The molecule has 2 aromatic carbocycles. The molecule has 3 aliphatic heterocycles. The summed E-state index contributed by atoms with van der Waals surface area (Å²) in [5, 5.41) is 10.4. The van der Waals surface area contributed by atoms with Gasteiger partial charge in [-0.25, -0.2) is 0 Å². The highest BCUT2D eigenvalue weighted by molar-refractivity contribution is 6.33. The van der Waals surface area contributed by atoms with E-state index in [1.165, 1.54) is 19.4 Å². The largest absolute Gasteiger partial charge is 0.508 e. The van der Waals surface area contributed by atoms with Crippen LogP contribution in [0.25, 0.3) is 0 Å². The molecule has 2 saturated heterocycles. The van der Waals surface area contributed by atoms with E-state index in [0.29, 0.717) is 22.5 Å². The van der Waals surface area contributed by atoms with E-state index in [0.717, 1.165) is 43.0 Å². The summed E-state index contributed by atoms with van der Waals surface area (Å²) in [5.41, 5.74) is 3.85. The standard InChI is InChI=1S/C23H26ClN3O2/c1-25-10-7-23(14-25)8-11-26(15-23)21-5-2-17(13-20(21)24)27-9-6-16-12-18(28)3-4-19(16)22(27)29/h2-5,12-13,28H,6-11,14-15H2,1H3. The lowest BCUT2D eigenvalue weighted by atomic mass is 9.86. The van der Waals surface area contributed by atoms with Crippen LogP contribution in [0.4, 0.5) is 11.4 Å². The van der Waals surface area contributed by atoms with Gasteiger partial charge in [-0.3, -0.25) is 4.79 Å². The van der Waals surface area contributed by atoms with E-state index in [9.17, 15) is 9.90 Å². The Balaban J connectivity index is 1.37. The molecule has 152 valence electrons. The summed E-state index contributed by atoms with van der Waals surface area (Å²) >= 11 is 6.70. The zero-order chi connectivity index (χ0) is 20.2. The Morgan fingerprint density at radius 3 is 2.62 bits per heavy atom. The molecule has 0 aromatic heterocycles. The molecule has 0 radical (unpaired) electrons. The summed E-state index contributed by atoms with van der Waals surface area (Å²) in [6.07, 6.45) is 3.19. The normalized spacial score (nSPS) is 24.6. The molecule has 1 unspecified atom stereocenters. The van der Waals surface area contributed by atoms with Crippen molar-refractivity contribution >= 4 is 28.9 Å². The zero-order valence-corrected chi connectivity index (χ0v) is 17.5. The van der Waals surface area contributed by atoms with Crippen molar-refractivity contribution in [3.05, 3.63) is 52.5 Å². The number of rotatable bonds is 2. The Morgan fingerprint density at radius 2 is 1.86 bits per heavy atom. The van der Waals surface area contributed by atoms with Crippen LogP contribution in [-0.4, -0.2) is 55.7 Å². The highest BCUT2D eigenvalue weighted by Crippen LogP contribution is 2.43. The predicted octanol–water partition coefficient (Wildman–Crippen LogP) is 3.78. The second-order valence-electron chi connectivity index (χ2n) is 8.84. The first-order valence-corrected chi connectivity index (χ1v) is 10.7. The third-order valence-corrected chi connectivity index (χ3v) is 7.12. The average molecular weight is 412 g/mol. The predicted molar refractivity (Wildman–Crippen MR) is 116 cm³/mol. The molecule has 1 amide bonds. The third-order valence-electron chi connectivity index (χ3n) is 6.82. The number of phenols is 1. The molecule has 1 N–H and O–H groups in total. The fourth-order valence-corrected chi connectivity index (χ4v) is 5.57. The van der Waals surface area contributed by atoms with Crippen LogP contribution < -0.4 is 9.80 Å². The maximum atomic E-state index is 13.0. The molecule has 29 heavy (non-hydrogen) atoms. The Kier molecular flexibility index (Phi) is 4.48. The van der Waals surface area contributed by atoms with Crippen LogP contribution in [0.5, 0.6) is 5.75 Å². The zero-order valence-electron chi connectivity index (χ0n) is 16.7. The lowest BCUT2D eigenvalue weighted by Crippen LogP contribution is -2.37. The summed E-state index contributed by atoms with van der Waals surface area (Å²) in [6.45, 7) is 5.01. The average Bonchev–Trinajstić information content (AvgIpc) is 3.27. The van der Waals surface area contributed by atoms with Crippen LogP contribution in [0.1, 0.15) is 28.8 Å². The van der Waals surface area contributed by atoms with E-state index in [-0.39, 0.29) is 11.7 Å². The van der Waals surface area contributed by atoms with Gasteiger partial charge in [0.15, 0.2) is 0 Å². The molecule has 1 atom stereocenters. The molecule has 6 heteroatoms. The van der Waals surface area contributed by atoms with Gasteiger partial charge in [0.2, 0.25) is 0 Å². The van der Waals surface area contributed by atoms with Crippen molar-refractivity contribution in [1.82, 2.24) is 4.90 Å². The fourth-order valence-electron chi connectivity index (χ4n) is 5.27. The molecule has 2 fully saturated rings. The number of carbonyl (C=O) groups is 1. The number of anilines is 2. The fraction of sp³-hybridized carbons (Fsp3) is 0.435.